The summed E-state index contributed by atoms with van der Waals surface area (Å²) in [5.74, 6) is 0.393. The summed E-state index contributed by atoms with van der Waals surface area (Å²) in [6.45, 7) is 6.96. The molecular formula is C25H28ClF3N2O. The lowest BCUT2D eigenvalue weighted by Gasteiger charge is -2.30. The number of carbonyl (C=O) groups is 1. The molecule has 0 aliphatic carbocycles. The maximum atomic E-state index is 12.9. The van der Waals surface area contributed by atoms with Crippen molar-refractivity contribution in [1.82, 2.24) is 4.90 Å². The Morgan fingerprint density at radius 2 is 1.88 bits per heavy atom. The largest absolute Gasteiger partial charge is 0.416 e. The molecule has 0 bridgehead atoms. The van der Waals surface area contributed by atoms with Crippen LogP contribution >= 0.6 is 11.6 Å². The number of anilines is 1. The fraction of sp³-hybridized carbons (Fsp3) is 0.400. The molecule has 1 heterocycles. The highest BCUT2D eigenvalue weighted by Gasteiger charge is 2.30. The second kappa shape index (κ2) is 10.5. The molecule has 0 radical (unpaired) electrons. The standard InChI is InChI=1S/C25H28ClF3N2O/c1-3-18-14-21(25(27,28)29)7-4-19(18)6-9-24(32)30-22-8-5-20(23(26)15-22)16-31-12-10-17(2)11-13-31/h4-9,14-15,17H,3,10-13,16H2,1-2H3,(H,30,32)/b9-6+. The van der Waals surface area contributed by atoms with E-state index in [4.69, 9.17) is 11.6 Å². The van der Waals surface area contributed by atoms with Crippen LogP contribution in [0.3, 0.4) is 0 Å². The van der Waals surface area contributed by atoms with Gasteiger partial charge in [0.25, 0.3) is 0 Å². The number of carbonyl (C=O) groups excluding carboxylic acids is 1. The fourth-order valence-corrected chi connectivity index (χ4v) is 4.05. The quantitative estimate of drug-likeness (QED) is 0.476. The lowest BCUT2D eigenvalue weighted by atomic mass is 9.99. The zero-order valence-electron chi connectivity index (χ0n) is 18.3. The first-order chi connectivity index (χ1) is 15.2. The minimum absolute atomic E-state index is 0.374. The van der Waals surface area contributed by atoms with E-state index in [0.717, 1.165) is 43.2 Å². The molecule has 1 fully saturated rings. The number of benzene rings is 2. The number of alkyl halides is 3. The van der Waals surface area contributed by atoms with Gasteiger partial charge in [0, 0.05) is 23.3 Å². The lowest BCUT2D eigenvalue weighted by Crippen LogP contribution is -2.32. The van der Waals surface area contributed by atoms with Gasteiger partial charge >= 0.3 is 6.18 Å². The van der Waals surface area contributed by atoms with Gasteiger partial charge in [-0.15, -0.1) is 0 Å². The third-order valence-corrected chi connectivity index (χ3v) is 6.21. The number of aryl methyl sites for hydroxylation is 1. The number of nitrogens with one attached hydrogen (secondary N) is 1. The van der Waals surface area contributed by atoms with E-state index in [1.807, 2.05) is 12.1 Å². The molecular weight excluding hydrogens is 437 g/mol. The Morgan fingerprint density at radius 1 is 1.16 bits per heavy atom. The Labute approximate surface area is 192 Å². The van der Waals surface area contributed by atoms with Crippen molar-refractivity contribution >= 4 is 29.3 Å². The van der Waals surface area contributed by atoms with Crippen molar-refractivity contribution in [3.05, 3.63) is 69.8 Å². The molecule has 3 rings (SSSR count). The summed E-state index contributed by atoms with van der Waals surface area (Å²) >= 11 is 6.44. The van der Waals surface area contributed by atoms with Crippen LogP contribution in [0.4, 0.5) is 18.9 Å². The van der Waals surface area contributed by atoms with Crippen LogP contribution in [0.2, 0.25) is 5.02 Å². The van der Waals surface area contributed by atoms with Gasteiger partial charge in [0.1, 0.15) is 0 Å². The first-order valence-electron chi connectivity index (χ1n) is 10.9. The SMILES string of the molecule is CCc1cc(C(F)(F)F)ccc1/C=C/C(=O)Nc1ccc(CN2CCC(C)CC2)c(Cl)c1. The van der Waals surface area contributed by atoms with E-state index >= 15 is 0 Å². The van der Waals surface area contributed by atoms with E-state index in [1.54, 1.807) is 13.0 Å². The maximum Gasteiger partial charge on any atom is 0.416 e. The summed E-state index contributed by atoms with van der Waals surface area (Å²) in [7, 11) is 0. The third-order valence-electron chi connectivity index (χ3n) is 5.86. The van der Waals surface area contributed by atoms with Gasteiger partial charge in [-0.3, -0.25) is 9.69 Å². The second-order valence-electron chi connectivity index (χ2n) is 8.35. The van der Waals surface area contributed by atoms with Crippen LogP contribution in [0.25, 0.3) is 6.08 Å². The minimum atomic E-state index is -4.39. The summed E-state index contributed by atoms with van der Waals surface area (Å²) < 4.78 is 38.7. The Bertz CT molecular complexity index is 980. The topological polar surface area (TPSA) is 32.3 Å². The number of halogens is 4. The molecule has 0 atom stereocenters. The molecule has 0 saturated carbocycles. The van der Waals surface area contributed by atoms with E-state index in [0.29, 0.717) is 28.3 Å². The molecule has 2 aromatic rings. The number of likely N-dealkylation sites (tertiary alicyclic amines) is 1. The first kappa shape index (κ1) is 24.3. The highest BCUT2D eigenvalue weighted by molar-refractivity contribution is 6.31. The van der Waals surface area contributed by atoms with Crippen LogP contribution in [0, 0.1) is 5.92 Å². The number of amides is 1. The normalized spacial score (nSPS) is 15.9. The molecule has 2 aromatic carbocycles. The van der Waals surface area contributed by atoms with E-state index in [1.165, 1.54) is 31.1 Å². The summed E-state index contributed by atoms with van der Waals surface area (Å²) in [6, 6.07) is 9.00. The summed E-state index contributed by atoms with van der Waals surface area (Å²) in [5, 5.41) is 3.36. The molecule has 1 N–H and O–H groups in total. The number of rotatable bonds is 6. The van der Waals surface area contributed by atoms with Crippen molar-refractivity contribution in [3.8, 4) is 0 Å². The summed E-state index contributed by atoms with van der Waals surface area (Å²) in [6.07, 6.45) is 1.27. The van der Waals surface area contributed by atoms with Gasteiger partial charge in [-0.2, -0.15) is 13.2 Å². The predicted molar refractivity (Wildman–Crippen MR) is 124 cm³/mol. The van der Waals surface area contributed by atoms with Gasteiger partial charge in [-0.25, -0.2) is 0 Å². The van der Waals surface area contributed by atoms with Crippen molar-refractivity contribution in [2.75, 3.05) is 18.4 Å². The summed E-state index contributed by atoms with van der Waals surface area (Å²) in [5.41, 5.74) is 2.02. The molecule has 0 spiro atoms. The van der Waals surface area contributed by atoms with E-state index in [2.05, 4.69) is 17.1 Å². The number of hydrogen-bond donors (Lipinski definition) is 1. The van der Waals surface area contributed by atoms with E-state index in [9.17, 15) is 18.0 Å². The Morgan fingerprint density at radius 3 is 2.50 bits per heavy atom. The third kappa shape index (κ3) is 6.59. The van der Waals surface area contributed by atoms with Crippen LogP contribution in [-0.4, -0.2) is 23.9 Å². The van der Waals surface area contributed by atoms with Gasteiger partial charge in [0.2, 0.25) is 5.91 Å². The molecule has 7 heteroatoms. The van der Waals surface area contributed by atoms with Crippen LogP contribution < -0.4 is 5.32 Å². The van der Waals surface area contributed by atoms with Crippen LogP contribution in [0.1, 0.15) is 48.9 Å². The maximum absolute atomic E-state index is 12.9. The van der Waals surface area contributed by atoms with Gasteiger partial charge in [0.05, 0.1) is 5.56 Å². The smallest absolute Gasteiger partial charge is 0.322 e. The highest BCUT2D eigenvalue weighted by Crippen LogP contribution is 2.31. The average molecular weight is 465 g/mol. The van der Waals surface area contributed by atoms with Gasteiger partial charge in [-0.05, 0) is 85.3 Å². The molecule has 0 aromatic heterocycles. The van der Waals surface area contributed by atoms with Crippen LogP contribution in [0.5, 0.6) is 0 Å². The molecule has 1 aliphatic rings. The highest BCUT2D eigenvalue weighted by atomic mass is 35.5. The van der Waals surface area contributed by atoms with Crippen LogP contribution in [0.15, 0.2) is 42.5 Å². The average Bonchev–Trinajstić information content (AvgIpc) is 2.75. The predicted octanol–water partition coefficient (Wildman–Crippen LogP) is 6.81. The molecule has 1 saturated heterocycles. The van der Waals surface area contributed by atoms with E-state index in [-0.39, 0.29) is 5.91 Å². The van der Waals surface area contributed by atoms with Crippen molar-refractivity contribution in [1.29, 1.82) is 0 Å². The number of nitrogens with zero attached hydrogens (tertiary/aromatic N) is 1. The second-order valence-corrected chi connectivity index (χ2v) is 8.76. The fourth-order valence-electron chi connectivity index (χ4n) is 3.81. The Kier molecular flexibility index (Phi) is 8.01. The molecule has 32 heavy (non-hydrogen) atoms. The van der Waals surface area contributed by atoms with Crippen molar-refractivity contribution in [2.45, 2.75) is 45.8 Å². The Balaban J connectivity index is 1.62. The molecule has 1 aliphatic heterocycles. The first-order valence-corrected chi connectivity index (χ1v) is 11.2. The molecule has 172 valence electrons. The summed E-state index contributed by atoms with van der Waals surface area (Å²) in [4.78, 5) is 14.7. The number of piperidine rings is 1. The molecule has 0 unspecified atom stereocenters. The zero-order chi connectivity index (χ0) is 23.3. The van der Waals surface area contributed by atoms with E-state index < -0.39 is 11.7 Å². The number of hydrogen-bond acceptors (Lipinski definition) is 2. The monoisotopic (exact) mass is 464 g/mol. The molecule has 1 amide bonds. The van der Waals surface area contributed by atoms with Crippen molar-refractivity contribution in [2.24, 2.45) is 5.92 Å². The van der Waals surface area contributed by atoms with Crippen molar-refractivity contribution < 1.29 is 18.0 Å². The Hall–Kier alpha value is -2.31. The van der Waals surface area contributed by atoms with Gasteiger partial charge in [0.15, 0.2) is 0 Å². The minimum Gasteiger partial charge on any atom is -0.322 e. The lowest BCUT2D eigenvalue weighted by molar-refractivity contribution is -0.137. The van der Waals surface area contributed by atoms with Crippen LogP contribution in [-0.2, 0) is 23.9 Å². The zero-order valence-corrected chi connectivity index (χ0v) is 19.1. The van der Waals surface area contributed by atoms with Gasteiger partial charge < -0.3 is 5.32 Å². The van der Waals surface area contributed by atoms with Gasteiger partial charge in [-0.1, -0.05) is 37.6 Å². The molecule has 3 nitrogen and oxygen atoms in total. The van der Waals surface area contributed by atoms with Crippen molar-refractivity contribution in [3.63, 3.8) is 0 Å².